The normalized spacial score (nSPS) is 9.76. The Hall–Kier alpha value is -2.69. The summed E-state index contributed by atoms with van der Waals surface area (Å²) < 4.78 is 10.7. The first-order valence-electron chi connectivity index (χ1n) is 6.56. The molecule has 0 aliphatic heterocycles. The van der Waals surface area contributed by atoms with E-state index in [0.717, 1.165) is 5.69 Å². The van der Waals surface area contributed by atoms with Crippen LogP contribution in [0.25, 0.3) is 0 Å². The Kier molecular flexibility index (Phi) is 5.46. The van der Waals surface area contributed by atoms with Gasteiger partial charge in [-0.25, -0.2) is 4.79 Å². The van der Waals surface area contributed by atoms with Crippen LogP contribution in [0.3, 0.4) is 0 Å². The Morgan fingerprint density at radius 3 is 2.76 bits per heavy atom. The summed E-state index contributed by atoms with van der Waals surface area (Å²) in [6.07, 6.45) is 0. The van der Waals surface area contributed by atoms with Crippen molar-refractivity contribution < 1.29 is 14.3 Å². The Labute approximate surface area is 123 Å². The molecule has 5 heteroatoms. The van der Waals surface area contributed by atoms with Gasteiger partial charge in [-0.3, -0.25) is 0 Å². The maximum Gasteiger partial charge on any atom is 0.319 e. The molecule has 0 fully saturated rings. The van der Waals surface area contributed by atoms with Gasteiger partial charge in [-0.1, -0.05) is 24.3 Å². The van der Waals surface area contributed by atoms with E-state index in [1.54, 1.807) is 25.3 Å². The standard InChI is InChI=1S/C16H17N2O3/c1-20-14-9-5-6-10-15(14)21-12-11-17-16(19)18-13-7-3-2-4-8-13/h2-4,6-10H,11-12H2,1H3,(H2,17,18,19). The van der Waals surface area contributed by atoms with Gasteiger partial charge in [0.05, 0.1) is 13.7 Å². The van der Waals surface area contributed by atoms with Gasteiger partial charge < -0.3 is 20.1 Å². The average molecular weight is 285 g/mol. The Morgan fingerprint density at radius 2 is 2.00 bits per heavy atom. The number of hydrogen-bond donors (Lipinski definition) is 2. The molecule has 0 saturated heterocycles. The van der Waals surface area contributed by atoms with Gasteiger partial charge in [0.15, 0.2) is 11.5 Å². The third kappa shape index (κ3) is 4.72. The fraction of sp³-hybridized carbons (Fsp3) is 0.188. The number of amides is 2. The second-order valence-electron chi connectivity index (χ2n) is 4.17. The second-order valence-corrected chi connectivity index (χ2v) is 4.17. The third-order valence-electron chi connectivity index (χ3n) is 2.68. The molecule has 5 nitrogen and oxygen atoms in total. The van der Waals surface area contributed by atoms with Gasteiger partial charge in [0.1, 0.15) is 6.61 Å². The van der Waals surface area contributed by atoms with E-state index in [-0.39, 0.29) is 6.03 Å². The van der Waals surface area contributed by atoms with Crippen molar-refractivity contribution in [2.24, 2.45) is 0 Å². The summed E-state index contributed by atoms with van der Waals surface area (Å²) in [5.41, 5.74) is 0.746. The summed E-state index contributed by atoms with van der Waals surface area (Å²) in [7, 11) is 1.57. The summed E-state index contributed by atoms with van der Waals surface area (Å²) in [5.74, 6) is 1.24. The lowest BCUT2D eigenvalue weighted by Gasteiger charge is -2.11. The maximum absolute atomic E-state index is 11.6. The van der Waals surface area contributed by atoms with Crippen LogP contribution in [0.5, 0.6) is 11.5 Å². The molecule has 0 heterocycles. The lowest BCUT2D eigenvalue weighted by Crippen LogP contribution is -2.32. The van der Waals surface area contributed by atoms with E-state index in [9.17, 15) is 4.79 Å². The molecular weight excluding hydrogens is 268 g/mol. The zero-order chi connectivity index (χ0) is 14.9. The van der Waals surface area contributed by atoms with Crippen molar-refractivity contribution in [2.45, 2.75) is 0 Å². The van der Waals surface area contributed by atoms with Crippen molar-refractivity contribution in [1.29, 1.82) is 0 Å². The minimum absolute atomic E-state index is 0.266. The van der Waals surface area contributed by atoms with Crippen molar-refractivity contribution in [1.82, 2.24) is 5.32 Å². The van der Waals surface area contributed by atoms with Gasteiger partial charge in [-0.2, -0.15) is 0 Å². The molecule has 0 aliphatic carbocycles. The van der Waals surface area contributed by atoms with Crippen LogP contribution < -0.4 is 20.1 Å². The first-order valence-corrected chi connectivity index (χ1v) is 6.56. The smallest absolute Gasteiger partial charge is 0.319 e. The predicted molar refractivity (Wildman–Crippen MR) is 80.8 cm³/mol. The number of para-hydroxylation sites is 1. The number of methoxy groups -OCH3 is 1. The zero-order valence-electron chi connectivity index (χ0n) is 11.8. The molecule has 2 rings (SSSR count). The molecule has 21 heavy (non-hydrogen) atoms. The second kappa shape index (κ2) is 7.79. The fourth-order valence-corrected chi connectivity index (χ4v) is 1.70. The van der Waals surface area contributed by atoms with Gasteiger partial charge in [0.25, 0.3) is 0 Å². The van der Waals surface area contributed by atoms with Crippen LogP contribution >= 0.6 is 0 Å². The van der Waals surface area contributed by atoms with Crippen molar-refractivity contribution >= 4 is 11.7 Å². The monoisotopic (exact) mass is 285 g/mol. The van der Waals surface area contributed by atoms with Gasteiger partial charge >= 0.3 is 6.03 Å². The summed E-state index contributed by atoms with van der Waals surface area (Å²) in [6.45, 7) is 0.739. The number of carbonyl (C=O) groups is 1. The SMILES string of the molecule is COc1c[c]ccc1OCCNC(=O)Nc1ccccc1. The van der Waals surface area contributed by atoms with E-state index >= 15 is 0 Å². The lowest BCUT2D eigenvalue weighted by molar-refractivity contribution is 0.246. The van der Waals surface area contributed by atoms with Gasteiger partial charge in [0, 0.05) is 5.69 Å². The largest absolute Gasteiger partial charge is 0.493 e. The molecule has 0 aliphatic rings. The lowest BCUT2D eigenvalue weighted by atomic mass is 10.3. The Morgan fingerprint density at radius 1 is 1.19 bits per heavy atom. The quantitative estimate of drug-likeness (QED) is 0.802. The van der Waals surface area contributed by atoms with Crippen molar-refractivity contribution in [2.75, 3.05) is 25.6 Å². The third-order valence-corrected chi connectivity index (χ3v) is 2.68. The maximum atomic E-state index is 11.6. The minimum atomic E-state index is -0.266. The highest BCUT2D eigenvalue weighted by atomic mass is 16.5. The van der Waals surface area contributed by atoms with Gasteiger partial charge in [-0.15, -0.1) is 0 Å². The van der Waals surface area contributed by atoms with Gasteiger partial charge in [-0.05, 0) is 30.3 Å². The number of ether oxygens (including phenoxy) is 2. The topological polar surface area (TPSA) is 59.6 Å². The molecule has 109 valence electrons. The average Bonchev–Trinajstić information content (AvgIpc) is 2.53. The highest BCUT2D eigenvalue weighted by Gasteiger charge is 2.03. The molecular formula is C16H17N2O3. The van der Waals surface area contributed by atoms with Crippen LogP contribution in [-0.4, -0.2) is 26.3 Å². The number of benzene rings is 2. The molecule has 1 radical (unpaired) electrons. The van der Waals surface area contributed by atoms with Crippen molar-refractivity contribution in [3.05, 3.63) is 54.6 Å². The molecule has 2 amide bonds. The van der Waals surface area contributed by atoms with Crippen molar-refractivity contribution in [3.63, 3.8) is 0 Å². The number of rotatable bonds is 6. The summed E-state index contributed by atoms with van der Waals surface area (Å²) >= 11 is 0. The fourth-order valence-electron chi connectivity index (χ4n) is 1.70. The van der Waals surface area contributed by atoms with E-state index in [1.165, 1.54) is 0 Å². The molecule has 0 bridgehead atoms. The molecule has 2 aromatic carbocycles. The Balaban J connectivity index is 1.71. The predicted octanol–water partition coefficient (Wildman–Crippen LogP) is 2.70. The highest BCUT2D eigenvalue weighted by molar-refractivity contribution is 5.89. The van der Waals surface area contributed by atoms with Crippen LogP contribution in [0.2, 0.25) is 0 Å². The first-order chi connectivity index (χ1) is 10.3. The molecule has 2 aromatic rings. The van der Waals surface area contributed by atoms with Crippen LogP contribution in [-0.2, 0) is 0 Å². The zero-order valence-corrected chi connectivity index (χ0v) is 11.8. The minimum Gasteiger partial charge on any atom is -0.493 e. The molecule has 0 saturated carbocycles. The summed E-state index contributed by atoms with van der Waals surface area (Å²) in [6, 6.07) is 17.1. The van der Waals surface area contributed by atoms with Crippen LogP contribution in [0.15, 0.2) is 48.5 Å². The van der Waals surface area contributed by atoms with E-state index < -0.39 is 0 Å². The molecule has 0 unspecified atom stereocenters. The number of nitrogens with one attached hydrogen (secondary N) is 2. The van der Waals surface area contributed by atoms with Crippen LogP contribution in [0, 0.1) is 6.07 Å². The van der Waals surface area contributed by atoms with E-state index in [2.05, 4.69) is 16.7 Å². The number of anilines is 1. The van der Waals surface area contributed by atoms with E-state index in [1.807, 2.05) is 30.3 Å². The first kappa shape index (κ1) is 14.7. The van der Waals surface area contributed by atoms with Crippen LogP contribution in [0.4, 0.5) is 10.5 Å². The molecule has 0 spiro atoms. The van der Waals surface area contributed by atoms with Crippen molar-refractivity contribution in [3.8, 4) is 11.5 Å². The molecule has 0 aromatic heterocycles. The number of urea groups is 1. The van der Waals surface area contributed by atoms with Crippen LogP contribution in [0.1, 0.15) is 0 Å². The summed E-state index contributed by atoms with van der Waals surface area (Å²) in [5, 5.41) is 5.44. The Bertz CT molecular complexity index is 573. The number of carbonyl (C=O) groups excluding carboxylic acids is 1. The number of hydrogen-bond acceptors (Lipinski definition) is 3. The molecule has 0 atom stereocenters. The highest BCUT2D eigenvalue weighted by Crippen LogP contribution is 2.25. The van der Waals surface area contributed by atoms with Gasteiger partial charge in [0.2, 0.25) is 0 Å². The summed E-state index contributed by atoms with van der Waals surface area (Å²) in [4.78, 5) is 11.6. The molecule has 2 N–H and O–H groups in total. The van der Waals surface area contributed by atoms with E-state index in [0.29, 0.717) is 24.7 Å². The van der Waals surface area contributed by atoms with E-state index in [4.69, 9.17) is 9.47 Å².